The average Bonchev–Trinajstić information content (AvgIpc) is 2.55. The highest BCUT2D eigenvalue weighted by Crippen LogP contribution is 2.14. The molecule has 1 aliphatic heterocycles. The molecule has 1 fully saturated rings. The molecule has 1 unspecified atom stereocenters. The van der Waals surface area contributed by atoms with Crippen molar-refractivity contribution >= 4 is 5.82 Å². The van der Waals surface area contributed by atoms with Gasteiger partial charge in [0.25, 0.3) is 0 Å². The molecule has 1 N–H and O–H groups in total. The van der Waals surface area contributed by atoms with Crippen LogP contribution in [0.3, 0.4) is 0 Å². The number of rotatable bonds is 6. The van der Waals surface area contributed by atoms with E-state index in [0.717, 1.165) is 51.5 Å². The highest BCUT2D eigenvalue weighted by atomic mass is 15.3. The Morgan fingerprint density at radius 3 is 2.67 bits per heavy atom. The summed E-state index contributed by atoms with van der Waals surface area (Å²) in [5.74, 6) is 1.06. The fourth-order valence-corrected chi connectivity index (χ4v) is 2.70. The summed E-state index contributed by atoms with van der Waals surface area (Å²) in [5, 5.41) is 12.6. The van der Waals surface area contributed by atoms with E-state index in [1.807, 2.05) is 32.2 Å². The maximum Gasteiger partial charge on any atom is 0.128 e. The molecule has 1 aromatic rings. The average molecular weight is 287 g/mol. The van der Waals surface area contributed by atoms with E-state index in [1.54, 1.807) is 0 Å². The highest BCUT2D eigenvalue weighted by molar-refractivity contribution is 5.38. The van der Waals surface area contributed by atoms with E-state index >= 15 is 0 Å². The molecule has 2 rings (SSSR count). The van der Waals surface area contributed by atoms with E-state index in [2.05, 4.69) is 32.2 Å². The minimum atomic E-state index is -0.410. The van der Waals surface area contributed by atoms with Gasteiger partial charge in [0.15, 0.2) is 0 Å². The van der Waals surface area contributed by atoms with Crippen molar-refractivity contribution in [3.05, 3.63) is 24.4 Å². The summed E-state index contributed by atoms with van der Waals surface area (Å²) in [6, 6.07) is 8.44. The standard InChI is InChI=1S/C16H25N5/c1-3-19-16(2,14-17)7-9-20-10-12-21(13-11-20)15-6-4-5-8-18-15/h4-6,8,19H,3,7,9-13H2,1-2H3. The zero-order chi connectivity index (χ0) is 15.1. The van der Waals surface area contributed by atoms with Gasteiger partial charge in [-0.05, 0) is 32.0 Å². The van der Waals surface area contributed by atoms with Gasteiger partial charge in [-0.3, -0.25) is 10.2 Å². The van der Waals surface area contributed by atoms with Gasteiger partial charge in [-0.15, -0.1) is 0 Å². The third-order valence-corrected chi connectivity index (χ3v) is 4.09. The van der Waals surface area contributed by atoms with Gasteiger partial charge in [0, 0.05) is 38.9 Å². The van der Waals surface area contributed by atoms with Crippen molar-refractivity contribution in [2.45, 2.75) is 25.8 Å². The molecule has 0 radical (unpaired) electrons. The van der Waals surface area contributed by atoms with Crippen LogP contribution in [0.5, 0.6) is 0 Å². The largest absolute Gasteiger partial charge is 0.354 e. The fourth-order valence-electron chi connectivity index (χ4n) is 2.70. The van der Waals surface area contributed by atoms with Crippen molar-refractivity contribution in [3.8, 4) is 6.07 Å². The van der Waals surface area contributed by atoms with Crippen LogP contribution in [-0.2, 0) is 0 Å². The van der Waals surface area contributed by atoms with Crippen LogP contribution >= 0.6 is 0 Å². The normalized spacial score (nSPS) is 19.0. The summed E-state index contributed by atoms with van der Waals surface area (Å²) in [5.41, 5.74) is -0.410. The minimum absolute atomic E-state index is 0.410. The topological polar surface area (TPSA) is 55.2 Å². The number of hydrogen-bond donors (Lipinski definition) is 1. The Morgan fingerprint density at radius 1 is 1.33 bits per heavy atom. The third-order valence-electron chi connectivity index (χ3n) is 4.09. The van der Waals surface area contributed by atoms with Crippen LogP contribution in [0.2, 0.25) is 0 Å². The van der Waals surface area contributed by atoms with E-state index in [1.165, 1.54) is 0 Å². The van der Waals surface area contributed by atoms with Crippen molar-refractivity contribution < 1.29 is 0 Å². The molecule has 1 aliphatic rings. The first-order chi connectivity index (χ1) is 10.2. The molecule has 0 aliphatic carbocycles. The number of piperazine rings is 1. The van der Waals surface area contributed by atoms with Crippen LogP contribution in [0.1, 0.15) is 20.3 Å². The second kappa shape index (κ2) is 7.39. The second-order valence-electron chi connectivity index (χ2n) is 5.74. The summed E-state index contributed by atoms with van der Waals surface area (Å²) in [6.45, 7) is 9.89. The van der Waals surface area contributed by atoms with E-state index in [9.17, 15) is 5.26 Å². The number of nitrogens with one attached hydrogen (secondary N) is 1. The van der Waals surface area contributed by atoms with Crippen LogP contribution in [0, 0.1) is 11.3 Å². The summed E-state index contributed by atoms with van der Waals surface area (Å²) < 4.78 is 0. The first-order valence-corrected chi connectivity index (χ1v) is 7.71. The first kappa shape index (κ1) is 15.7. The number of nitriles is 1. The Kier molecular flexibility index (Phi) is 5.54. The van der Waals surface area contributed by atoms with Crippen LogP contribution in [0.25, 0.3) is 0 Å². The van der Waals surface area contributed by atoms with Gasteiger partial charge in [0.2, 0.25) is 0 Å². The maximum atomic E-state index is 9.29. The Labute approximate surface area is 127 Å². The number of anilines is 1. The molecule has 0 amide bonds. The molecule has 5 nitrogen and oxygen atoms in total. The van der Waals surface area contributed by atoms with Gasteiger partial charge in [-0.2, -0.15) is 5.26 Å². The van der Waals surface area contributed by atoms with Gasteiger partial charge >= 0.3 is 0 Å². The number of aromatic nitrogens is 1. The Hall–Kier alpha value is -1.64. The molecule has 0 saturated carbocycles. The van der Waals surface area contributed by atoms with Crippen molar-refractivity contribution in [1.82, 2.24) is 15.2 Å². The molecule has 2 heterocycles. The molecular weight excluding hydrogens is 262 g/mol. The fraction of sp³-hybridized carbons (Fsp3) is 0.625. The van der Waals surface area contributed by atoms with E-state index in [-0.39, 0.29) is 0 Å². The molecule has 1 aromatic heterocycles. The smallest absolute Gasteiger partial charge is 0.128 e. The van der Waals surface area contributed by atoms with Crippen LogP contribution < -0.4 is 10.2 Å². The molecule has 114 valence electrons. The monoisotopic (exact) mass is 287 g/mol. The van der Waals surface area contributed by atoms with E-state index in [4.69, 9.17) is 0 Å². The minimum Gasteiger partial charge on any atom is -0.354 e. The predicted octanol–water partition coefficient (Wildman–Crippen LogP) is 1.49. The first-order valence-electron chi connectivity index (χ1n) is 7.71. The molecule has 1 atom stereocenters. The van der Waals surface area contributed by atoms with Crippen molar-refractivity contribution in [3.63, 3.8) is 0 Å². The third kappa shape index (κ3) is 4.42. The van der Waals surface area contributed by atoms with Crippen molar-refractivity contribution in [2.24, 2.45) is 0 Å². The summed E-state index contributed by atoms with van der Waals surface area (Å²) >= 11 is 0. The van der Waals surface area contributed by atoms with Crippen LogP contribution in [0.4, 0.5) is 5.82 Å². The number of pyridine rings is 1. The second-order valence-corrected chi connectivity index (χ2v) is 5.74. The van der Waals surface area contributed by atoms with Gasteiger partial charge in [0.05, 0.1) is 6.07 Å². The zero-order valence-corrected chi connectivity index (χ0v) is 13.0. The van der Waals surface area contributed by atoms with Crippen LogP contribution in [0.15, 0.2) is 24.4 Å². The van der Waals surface area contributed by atoms with Gasteiger partial charge in [-0.1, -0.05) is 13.0 Å². The quantitative estimate of drug-likeness (QED) is 0.859. The molecular formula is C16H25N5. The maximum absolute atomic E-state index is 9.29. The Balaban J connectivity index is 1.78. The molecule has 5 heteroatoms. The predicted molar refractivity (Wildman–Crippen MR) is 85.2 cm³/mol. The number of hydrogen-bond acceptors (Lipinski definition) is 5. The molecule has 0 aromatic carbocycles. The van der Waals surface area contributed by atoms with E-state index in [0.29, 0.717) is 0 Å². The zero-order valence-electron chi connectivity index (χ0n) is 13.0. The van der Waals surface area contributed by atoms with Gasteiger partial charge < -0.3 is 4.90 Å². The highest BCUT2D eigenvalue weighted by Gasteiger charge is 2.24. The lowest BCUT2D eigenvalue weighted by Gasteiger charge is -2.36. The number of nitrogens with zero attached hydrogens (tertiary/aromatic N) is 4. The molecule has 21 heavy (non-hydrogen) atoms. The molecule has 0 bridgehead atoms. The van der Waals surface area contributed by atoms with E-state index < -0.39 is 5.54 Å². The van der Waals surface area contributed by atoms with Crippen molar-refractivity contribution in [1.29, 1.82) is 5.26 Å². The lowest BCUT2D eigenvalue weighted by molar-refractivity contribution is 0.233. The summed E-state index contributed by atoms with van der Waals surface area (Å²) in [7, 11) is 0. The Morgan fingerprint density at radius 2 is 2.10 bits per heavy atom. The van der Waals surface area contributed by atoms with Crippen LogP contribution in [-0.4, -0.2) is 54.7 Å². The Bertz CT molecular complexity index is 461. The van der Waals surface area contributed by atoms with Gasteiger partial charge in [-0.25, -0.2) is 4.98 Å². The lowest BCUT2D eigenvalue weighted by atomic mass is 9.99. The van der Waals surface area contributed by atoms with Gasteiger partial charge in [0.1, 0.15) is 11.4 Å². The summed E-state index contributed by atoms with van der Waals surface area (Å²) in [6.07, 6.45) is 2.71. The summed E-state index contributed by atoms with van der Waals surface area (Å²) in [4.78, 5) is 9.17. The molecule has 0 spiro atoms. The van der Waals surface area contributed by atoms with Crippen molar-refractivity contribution in [2.75, 3.05) is 44.2 Å². The SMILES string of the molecule is CCNC(C)(C#N)CCN1CCN(c2ccccn2)CC1. The lowest BCUT2D eigenvalue weighted by Crippen LogP contribution is -2.49. The molecule has 1 saturated heterocycles.